The van der Waals surface area contributed by atoms with E-state index in [-0.39, 0.29) is 12.5 Å². The number of tetrazole rings is 1. The average Bonchev–Trinajstić information content (AvgIpc) is 2.90. The summed E-state index contributed by atoms with van der Waals surface area (Å²) < 4.78 is 1.54. The molecule has 2 aromatic rings. The van der Waals surface area contributed by atoms with Gasteiger partial charge in [0.05, 0.1) is 22.5 Å². The summed E-state index contributed by atoms with van der Waals surface area (Å²) in [7, 11) is 0. The van der Waals surface area contributed by atoms with Gasteiger partial charge in [0.1, 0.15) is 0 Å². The molecule has 1 heterocycles. The normalized spacial score (nSPS) is 12.3. The highest BCUT2D eigenvalue weighted by molar-refractivity contribution is 6.42. The molecule has 21 heavy (non-hydrogen) atoms. The molecule has 8 heteroatoms. The third-order valence-electron chi connectivity index (χ3n) is 3.05. The summed E-state index contributed by atoms with van der Waals surface area (Å²) in [5, 5.41) is 21.4. The molecule has 1 atom stereocenters. The summed E-state index contributed by atoms with van der Waals surface area (Å²) >= 11 is 11.9. The number of carbonyl (C=O) groups is 1. The number of hydrogen-bond acceptors (Lipinski definition) is 4. The van der Waals surface area contributed by atoms with Gasteiger partial charge in [0.15, 0.2) is 5.82 Å². The Labute approximate surface area is 131 Å². The second kappa shape index (κ2) is 6.87. The van der Waals surface area contributed by atoms with Crippen LogP contribution in [-0.4, -0.2) is 31.3 Å². The standard InChI is InChI=1S/C13H14Cl2N4O2/c1-2-3-9(7-12(20)21)19-13(16-17-18-19)8-4-5-10(14)11(15)6-8/h4-6,9H,2-3,7H2,1H3,(H,20,21). The number of hydrogen-bond donors (Lipinski definition) is 1. The molecular weight excluding hydrogens is 315 g/mol. The Morgan fingerprint density at radius 1 is 1.38 bits per heavy atom. The molecule has 2 rings (SSSR count). The molecule has 0 aliphatic carbocycles. The van der Waals surface area contributed by atoms with Crippen LogP contribution in [0, 0.1) is 0 Å². The molecular formula is C13H14Cl2N4O2. The van der Waals surface area contributed by atoms with Crippen LogP contribution in [0.25, 0.3) is 11.4 Å². The van der Waals surface area contributed by atoms with E-state index in [9.17, 15) is 4.79 Å². The van der Waals surface area contributed by atoms with E-state index in [0.717, 1.165) is 6.42 Å². The summed E-state index contributed by atoms with van der Waals surface area (Å²) in [5.74, 6) is -0.405. The first kappa shape index (κ1) is 15.7. The minimum atomic E-state index is -0.885. The topological polar surface area (TPSA) is 80.9 Å². The summed E-state index contributed by atoms with van der Waals surface area (Å²) in [4.78, 5) is 11.0. The Hall–Kier alpha value is -1.66. The molecule has 112 valence electrons. The smallest absolute Gasteiger partial charge is 0.305 e. The monoisotopic (exact) mass is 328 g/mol. The number of aromatic nitrogens is 4. The maximum atomic E-state index is 11.0. The Morgan fingerprint density at radius 2 is 2.14 bits per heavy atom. The number of benzene rings is 1. The van der Waals surface area contributed by atoms with E-state index >= 15 is 0 Å². The molecule has 1 N–H and O–H groups in total. The van der Waals surface area contributed by atoms with Gasteiger partial charge in [-0.2, -0.15) is 0 Å². The van der Waals surface area contributed by atoms with Gasteiger partial charge in [-0.3, -0.25) is 4.79 Å². The second-order valence-electron chi connectivity index (χ2n) is 4.62. The van der Waals surface area contributed by atoms with Crippen LogP contribution in [-0.2, 0) is 4.79 Å². The van der Waals surface area contributed by atoms with Crippen LogP contribution in [0.2, 0.25) is 10.0 Å². The van der Waals surface area contributed by atoms with Crippen LogP contribution < -0.4 is 0 Å². The third kappa shape index (κ3) is 3.71. The van der Waals surface area contributed by atoms with Crippen molar-refractivity contribution < 1.29 is 9.90 Å². The van der Waals surface area contributed by atoms with Crippen LogP contribution >= 0.6 is 23.2 Å². The largest absolute Gasteiger partial charge is 0.481 e. The van der Waals surface area contributed by atoms with Gasteiger partial charge in [-0.15, -0.1) is 5.10 Å². The molecule has 0 saturated carbocycles. The lowest BCUT2D eigenvalue weighted by Crippen LogP contribution is -2.16. The van der Waals surface area contributed by atoms with Crippen molar-refractivity contribution in [2.75, 3.05) is 0 Å². The minimum Gasteiger partial charge on any atom is -0.481 e. The van der Waals surface area contributed by atoms with E-state index in [0.29, 0.717) is 27.9 Å². The molecule has 0 saturated heterocycles. The number of halogens is 2. The van der Waals surface area contributed by atoms with Crippen LogP contribution in [0.4, 0.5) is 0 Å². The van der Waals surface area contributed by atoms with Crippen molar-refractivity contribution in [2.45, 2.75) is 32.2 Å². The lowest BCUT2D eigenvalue weighted by molar-refractivity contribution is -0.138. The van der Waals surface area contributed by atoms with Gasteiger partial charge in [-0.05, 0) is 35.0 Å². The molecule has 0 amide bonds. The average molecular weight is 329 g/mol. The van der Waals surface area contributed by atoms with Gasteiger partial charge >= 0.3 is 5.97 Å². The zero-order valence-electron chi connectivity index (χ0n) is 11.3. The molecule has 0 radical (unpaired) electrons. The molecule has 0 bridgehead atoms. The van der Waals surface area contributed by atoms with E-state index in [4.69, 9.17) is 28.3 Å². The van der Waals surface area contributed by atoms with Crippen molar-refractivity contribution in [1.82, 2.24) is 20.2 Å². The van der Waals surface area contributed by atoms with E-state index in [1.807, 2.05) is 6.92 Å². The van der Waals surface area contributed by atoms with Crippen molar-refractivity contribution in [3.63, 3.8) is 0 Å². The summed E-state index contributed by atoms with van der Waals surface area (Å²) in [6.45, 7) is 1.98. The SMILES string of the molecule is CCCC(CC(=O)O)n1nnnc1-c1ccc(Cl)c(Cl)c1. The van der Waals surface area contributed by atoms with Crippen molar-refractivity contribution in [3.8, 4) is 11.4 Å². The summed E-state index contributed by atoms with van der Waals surface area (Å²) in [6.07, 6.45) is 1.47. The highest BCUT2D eigenvalue weighted by atomic mass is 35.5. The Kier molecular flexibility index (Phi) is 5.14. The zero-order valence-corrected chi connectivity index (χ0v) is 12.8. The molecule has 0 fully saturated rings. The quantitative estimate of drug-likeness (QED) is 0.878. The van der Waals surface area contributed by atoms with E-state index in [1.165, 1.54) is 4.68 Å². The van der Waals surface area contributed by atoms with Crippen molar-refractivity contribution in [2.24, 2.45) is 0 Å². The fraction of sp³-hybridized carbons (Fsp3) is 0.385. The van der Waals surface area contributed by atoms with E-state index in [1.54, 1.807) is 18.2 Å². The number of nitrogens with zero attached hydrogens (tertiary/aromatic N) is 4. The number of rotatable bonds is 6. The fourth-order valence-electron chi connectivity index (χ4n) is 2.11. The lowest BCUT2D eigenvalue weighted by atomic mass is 10.1. The lowest BCUT2D eigenvalue weighted by Gasteiger charge is -2.15. The predicted octanol–water partition coefficient (Wildman–Crippen LogP) is 3.46. The Morgan fingerprint density at radius 3 is 2.76 bits per heavy atom. The molecule has 1 aromatic heterocycles. The molecule has 0 aliphatic heterocycles. The maximum absolute atomic E-state index is 11.0. The molecule has 0 spiro atoms. The Balaban J connectivity index is 2.39. The van der Waals surface area contributed by atoms with Gasteiger partial charge in [0.2, 0.25) is 0 Å². The molecule has 1 unspecified atom stereocenters. The second-order valence-corrected chi connectivity index (χ2v) is 5.43. The first-order valence-corrected chi connectivity index (χ1v) is 7.23. The molecule has 0 aliphatic rings. The number of carboxylic acid groups (broad SMARTS) is 1. The van der Waals surface area contributed by atoms with Crippen LogP contribution in [0.5, 0.6) is 0 Å². The summed E-state index contributed by atoms with van der Waals surface area (Å²) in [6, 6.07) is 4.77. The first-order chi connectivity index (χ1) is 10.0. The van der Waals surface area contributed by atoms with Crippen LogP contribution in [0.3, 0.4) is 0 Å². The molecule has 1 aromatic carbocycles. The van der Waals surface area contributed by atoms with Gasteiger partial charge in [0, 0.05) is 5.56 Å². The third-order valence-corrected chi connectivity index (χ3v) is 3.79. The number of aliphatic carboxylic acids is 1. The minimum absolute atomic E-state index is 0.0345. The first-order valence-electron chi connectivity index (χ1n) is 6.48. The van der Waals surface area contributed by atoms with Crippen LogP contribution in [0.15, 0.2) is 18.2 Å². The predicted molar refractivity (Wildman–Crippen MR) is 79.5 cm³/mol. The van der Waals surface area contributed by atoms with E-state index < -0.39 is 5.97 Å². The van der Waals surface area contributed by atoms with Gasteiger partial charge in [0.25, 0.3) is 0 Å². The highest BCUT2D eigenvalue weighted by Crippen LogP contribution is 2.29. The Bertz CT molecular complexity index is 645. The fourth-order valence-corrected chi connectivity index (χ4v) is 2.41. The van der Waals surface area contributed by atoms with Crippen LogP contribution in [0.1, 0.15) is 32.2 Å². The van der Waals surface area contributed by atoms with Gasteiger partial charge in [-0.1, -0.05) is 36.5 Å². The number of carboxylic acids is 1. The van der Waals surface area contributed by atoms with Gasteiger partial charge in [-0.25, -0.2) is 4.68 Å². The van der Waals surface area contributed by atoms with Crippen molar-refractivity contribution in [3.05, 3.63) is 28.2 Å². The molecule has 6 nitrogen and oxygen atoms in total. The summed E-state index contributed by atoms with van der Waals surface area (Å²) in [5.41, 5.74) is 0.695. The van der Waals surface area contributed by atoms with Crippen molar-refractivity contribution in [1.29, 1.82) is 0 Å². The van der Waals surface area contributed by atoms with E-state index in [2.05, 4.69) is 15.5 Å². The zero-order chi connectivity index (χ0) is 15.4. The van der Waals surface area contributed by atoms with Crippen molar-refractivity contribution >= 4 is 29.2 Å². The maximum Gasteiger partial charge on any atom is 0.305 e. The van der Waals surface area contributed by atoms with Gasteiger partial charge < -0.3 is 5.11 Å². The highest BCUT2D eigenvalue weighted by Gasteiger charge is 2.21.